The highest BCUT2D eigenvalue weighted by molar-refractivity contribution is 5.94. The number of benzene rings is 2. The monoisotopic (exact) mass is 376 g/mol. The third-order valence-electron chi connectivity index (χ3n) is 4.59. The summed E-state index contributed by atoms with van der Waals surface area (Å²) >= 11 is 0. The Morgan fingerprint density at radius 1 is 0.852 bits per heavy atom. The van der Waals surface area contributed by atoms with Crippen molar-refractivity contribution >= 4 is 23.2 Å². The van der Waals surface area contributed by atoms with E-state index in [4.69, 9.17) is 22.9 Å². The number of hydrogen-bond acceptors (Lipinski definition) is 4. The number of primary amides is 2. The first-order valence-corrected chi connectivity index (χ1v) is 8.37. The van der Waals surface area contributed by atoms with E-state index in [1.54, 1.807) is 0 Å². The van der Waals surface area contributed by atoms with Crippen LogP contribution in [0.3, 0.4) is 0 Å². The van der Waals surface area contributed by atoms with Gasteiger partial charge in [0.25, 0.3) is 0 Å². The summed E-state index contributed by atoms with van der Waals surface area (Å²) in [6, 6.07) is 7.21. The minimum Gasteiger partial charge on any atom is -0.398 e. The Balaban J connectivity index is 2.63. The lowest BCUT2D eigenvalue weighted by molar-refractivity contribution is -0.122. The molecule has 2 rings (SSSR count). The van der Waals surface area contributed by atoms with Crippen molar-refractivity contribution < 1.29 is 18.4 Å². The molecule has 0 atom stereocenters. The first kappa shape index (κ1) is 20.2. The van der Waals surface area contributed by atoms with Gasteiger partial charge in [-0.25, -0.2) is 8.78 Å². The summed E-state index contributed by atoms with van der Waals surface area (Å²) in [5, 5.41) is 0. The van der Waals surface area contributed by atoms with E-state index in [0.717, 1.165) is 24.3 Å². The van der Waals surface area contributed by atoms with E-state index >= 15 is 0 Å². The Bertz CT molecular complexity index is 819. The van der Waals surface area contributed by atoms with Crippen LogP contribution >= 0.6 is 0 Å². The van der Waals surface area contributed by atoms with E-state index < -0.39 is 28.9 Å². The molecule has 0 aromatic heterocycles. The molecule has 2 amide bonds. The molecule has 0 unspecified atom stereocenters. The molecule has 8 N–H and O–H groups in total. The molecule has 2 aromatic carbocycles. The number of rotatable bonds is 8. The highest BCUT2D eigenvalue weighted by Gasteiger charge is 2.42. The third kappa shape index (κ3) is 4.16. The maximum absolute atomic E-state index is 13.5. The van der Waals surface area contributed by atoms with Gasteiger partial charge < -0.3 is 22.9 Å². The normalized spacial score (nSPS) is 11.3. The zero-order valence-corrected chi connectivity index (χ0v) is 14.7. The zero-order chi connectivity index (χ0) is 20.2. The van der Waals surface area contributed by atoms with Gasteiger partial charge in [0.1, 0.15) is 17.0 Å². The van der Waals surface area contributed by atoms with Gasteiger partial charge in [0.15, 0.2) is 0 Å². The summed E-state index contributed by atoms with van der Waals surface area (Å²) in [6.07, 6.45) is 1.07. The van der Waals surface area contributed by atoms with E-state index in [-0.39, 0.29) is 35.3 Å². The van der Waals surface area contributed by atoms with E-state index in [0.29, 0.717) is 12.8 Å². The lowest BCUT2D eigenvalue weighted by Crippen LogP contribution is -2.43. The molecule has 27 heavy (non-hydrogen) atoms. The van der Waals surface area contributed by atoms with Gasteiger partial charge in [0.05, 0.1) is 0 Å². The van der Waals surface area contributed by atoms with Gasteiger partial charge in [0.2, 0.25) is 11.8 Å². The second-order valence-corrected chi connectivity index (χ2v) is 6.41. The maximum atomic E-state index is 13.5. The molecule has 0 fully saturated rings. The van der Waals surface area contributed by atoms with Crippen molar-refractivity contribution in [3.63, 3.8) is 0 Å². The summed E-state index contributed by atoms with van der Waals surface area (Å²) < 4.78 is 27.1. The van der Waals surface area contributed by atoms with Gasteiger partial charge in [-0.15, -0.1) is 0 Å². The number of halogens is 2. The van der Waals surface area contributed by atoms with Crippen LogP contribution in [0.15, 0.2) is 36.4 Å². The Kier molecular flexibility index (Phi) is 5.99. The molecule has 0 aliphatic rings. The van der Waals surface area contributed by atoms with E-state index in [2.05, 4.69) is 0 Å². The van der Waals surface area contributed by atoms with Crippen LogP contribution in [0.4, 0.5) is 20.2 Å². The number of anilines is 2. The summed E-state index contributed by atoms with van der Waals surface area (Å²) in [5.41, 5.74) is 21.9. The van der Waals surface area contributed by atoms with Crippen molar-refractivity contribution in [2.24, 2.45) is 11.5 Å². The predicted octanol–water partition coefficient (Wildman–Crippen LogP) is 1.95. The fourth-order valence-corrected chi connectivity index (χ4v) is 3.34. The van der Waals surface area contributed by atoms with Crippen LogP contribution in [-0.4, -0.2) is 11.8 Å². The summed E-state index contributed by atoms with van der Waals surface area (Å²) in [5.74, 6) is -2.38. The molecule has 6 nitrogen and oxygen atoms in total. The van der Waals surface area contributed by atoms with E-state index in [1.807, 2.05) is 0 Å². The topological polar surface area (TPSA) is 138 Å². The zero-order valence-electron chi connectivity index (χ0n) is 14.7. The van der Waals surface area contributed by atoms with Gasteiger partial charge in [0, 0.05) is 17.8 Å². The Hall–Kier alpha value is -3.16. The average Bonchev–Trinajstić information content (AvgIpc) is 2.56. The molecule has 0 aliphatic carbocycles. The van der Waals surface area contributed by atoms with Gasteiger partial charge in [-0.3, -0.25) is 9.59 Å². The number of amides is 2. The van der Waals surface area contributed by atoms with Gasteiger partial charge in [-0.2, -0.15) is 0 Å². The van der Waals surface area contributed by atoms with Crippen molar-refractivity contribution in [2.45, 2.75) is 31.1 Å². The molecule has 0 radical (unpaired) electrons. The van der Waals surface area contributed by atoms with Crippen LogP contribution in [0, 0.1) is 11.6 Å². The van der Waals surface area contributed by atoms with Crippen LogP contribution in [0.25, 0.3) is 0 Å². The van der Waals surface area contributed by atoms with Gasteiger partial charge in [-0.05, 0) is 48.2 Å². The predicted molar refractivity (Wildman–Crippen MR) is 99.3 cm³/mol. The lowest BCUT2D eigenvalue weighted by atomic mass is 9.69. The average molecular weight is 376 g/mol. The SMILES string of the molecule is NC(=O)CCCCC(C(N)=O)(c1ccc(F)cc1N)c1ccc(F)cc1N. The molecular weight excluding hydrogens is 354 g/mol. The number of nitrogens with two attached hydrogens (primary N) is 4. The number of hydrogen-bond donors (Lipinski definition) is 4. The van der Waals surface area contributed by atoms with Crippen LogP contribution in [0.1, 0.15) is 36.8 Å². The second kappa shape index (κ2) is 8.03. The summed E-state index contributed by atoms with van der Waals surface area (Å²) in [4.78, 5) is 23.6. The minimum atomic E-state index is -1.51. The van der Waals surface area contributed by atoms with E-state index in [9.17, 15) is 18.4 Å². The number of nitrogen functional groups attached to an aromatic ring is 2. The van der Waals surface area contributed by atoms with Crippen molar-refractivity contribution in [1.82, 2.24) is 0 Å². The largest absolute Gasteiger partial charge is 0.398 e. The molecule has 0 saturated carbocycles. The Morgan fingerprint density at radius 3 is 1.70 bits per heavy atom. The quantitative estimate of drug-likeness (QED) is 0.413. The van der Waals surface area contributed by atoms with Gasteiger partial charge in [-0.1, -0.05) is 18.6 Å². The lowest BCUT2D eigenvalue weighted by Gasteiger charge is -2.34. The molecule has 0 heterocycles. The molecule has 8 heteroatoms. The van der Waals surface area contributed by atoms with Crippen molar-refractivity contribution in [3.8, 4) is 0 Å². The third-order valence-corrected chi connectivity index (χ3v) is 4.59. The molecule has 0 aliphatic heterocycles. The molecule has 0 saturated heterocycles. The summed E-state index contributed by atoms with van der Waals surface area (Å²) in [6.45, 7) is 0. The fourth-order valence-electron chi connectivity index (χ4n) is 3.34. The second-order valence-electron chi connectivity index (χ2n) is 6.41. The molecule has 144 valence electrons. The molecular formula is C19H22F2N4O2. The van der Waals surface area contributed by atoms with Crippen LogP contribution in [0.5, 0.6) is 0 Å². The van der Waals surface area contributed by atoms with Crippen LogP contribution in [0.2, 0.25) is 0 Å². The van der Waals surface area contributed by atoms with Gasteiger partial charge >= 0.3 is 0 Å². The number of carbonyl (C=O) groups excluding carboxylic acids is 2. The summed E-state index contributed by atoms with van der Waals surface area (Å²) in [7, 11) is 0. The Morgan fingerprint density at radius 2 is 1.33 bits per heavy atom. The van der Waals surface area contributed by atoms with Crippen molar-refractivity contribution in [3.05, 3.63) is 59.2 Å². The fraction of sp³-hybridized carbons (Fsp3) is 0.263. The van der Waals surface area contributed by atoms with Crippen molar-refractivity contribution in [1.29, 1.82) is 0 Å². The van der Waals surface area contributed by atoms with Crippen molar-refractivity contribution in [2.75, 3.05) is 11.5 Å². The highest BCUT2D eigenvalue weighted by Crippen LogP contribution is 2.42. The number of carbonyl (C=O) groups is 2. The van der Waals surface area contributed by atoms with E-state index in [1.165, 1.54) is 12.1 Å². The minimum absolute atomic E-state index is 0.0208. The highest BCUT2D eigenvalue weighted by atomic mass is 19.1. The first-order valence-electron chi connectivity index (χ1n) is 8.37. The molecule has 2 aromatic rings. The standard InChI is InChI=1S/C19H22F2N4O2/c20-11-4-6-13(15(22)9-11)19(18(25)27,8-2-1-3-17(24)26)14-7-5-12(21)10-16(14)23/h4-7,9-10H,1-3,8,22-23H2,(H2,24,26)(H2,25,27). The molecule has 0 spiro atoms. The first-order chi connectivity index (χ1) is 12.7. The molecule has 0 bridgehead atoms. The number of unbranched alkanes of at least 4 members (excludes halogenated alkanes) is 1. The Labute approximate surface area is 155 Å². The smallest absolute Gasteiger partial charge is 0.232 e. The maximum Gasteiger partial charge on any atom is 0.232 e. The van der Waals surface area contributed by atoms with Crippen LogP contribution in [-0.2, 0) is 15.0 Å². The van der Waals surface area contributed by atoms with Crippen LogP contribution < -0.4 is 22.9 Å².